The Morgan fingerprint density at radius 3 is 2.71 bits per heavy atom. The molecule has 1 aromatic rings. The standard InChI is InChI=1S/C8H10O4S2/c9-8(10)2-4-14(11,12)6-7-1-3-13-5-7/h1,3,5H,2,4,6H2,(H,9,10). The molecule has 0 aliphatic carbocycles. The monoisotopic (exact) mass is 234 g/mol. The van der Waals surface area contributed by atoms with Gasteiger partial charge in [0.05, 0.1) is 17.9 Å². The van der Waals surface area contributed by atoms with E-state index in [0.717, 1.165) is 5.56 Å². The van der Waals surface area contributed by atoms with Gasteiger partial charge in [-0.15, -0.1) is 0 Å². The van der Waals surface area contributed by atoms with Crippen LogP contribution in [-0.4, -0.2) is 25.2 Å². The summed E-state index contributed by atoms with van der Waals surface area (Å²) in [5, 5.41) is 11.9. The van der Waals surface area contributed by atoms with Gasteiger partial charge in [0.15, 0.2) is 9.84 Å². The van der Waals surface area contributed by atoms with Gasteiger partial charge in [-0.2, -0.15) is 11.3 Å². The Morgan fingerprint density at radius 1 is 1.50 bits per heavy atom. The molecule has 1 heterocycles. The van der Waals surface area contributed by atoms with Crippen LogP contribution in [0, 0.1) is 0 Å². The number of hydrogen-bond acceptors (Lipinski definition) is 4. The molecule has 0 unspecified atom stereocenters. The van der Waals surface area contributed by atoms with Gasteiger partial charge in [0.2, 0.25) is 0 Å². The summed E-state index contributed by atoms with van der Waals surface area (Å²) in [6, 6.07) is 1.73. The van der Waals surface area contributed by atoms with Crippen LogP contribution in [0.25, 0.3) is 0 Å². The number of hydrogen-bond donors (Lipinski definition) is 1. The molecular formula is C8H10O4S2. The summed E-state index contributed by atoms with van der Waals surface area (Å²) in [5.74, 6) is -1.44. The van der Waals surface area contributed by atoms with Gasteiger partial charge in [-0.1, -0.05) is 0 Å². The third kappa shape index (κ3) is 3.89. The molecule has 0 aromatic carbocycles. The predicted octanol–water partition coefficient (Wildman–Crippen LogP) is 1.14. The van der Waals surface area contributed by atoms with Gasteiger partial charge < -0.3 is 5.11 Å². The van der Waals surface area contributed by atoms with Crippen molar-refractivity contribution in [3.8, 4) is 0 Å². The molecule has 0 saturated carbocycles. The zero-order valence-corrected chi connectivity index (χ0v) is 8.97. The van der Waals surface area contributed by atoms with E-state index >= 15 is 0 Å². The largest absolute Gasteiger partial charge is 0.481 e. The molecule has 0 saturated heterocycles. The molecule has 0 bridgehead atoms. The molecule has 0 atom stereocenters. The van der Waals surface area contributed by atoms with Crippen molar-refractivity contribution in [2.45, 2.75) is 12.2 Å². The fourth-order valence-electron chi connectivity index (χ4n) is 0.944. The molecule has 4 nitrogen and oxygen atoms in total. The van der Waals surface area contributed by atoms with Gasteiger partial charge in [0.1, 0.15) is 0 Å². The molecule has 0 fully saturated rings. The highest BCUT2D eigenvalue weighted by molar-refractivity contribution is 7.90. The lowest BCUT2D eigenvalue weighted by Crippen LogP contribution is -2.12. The smallest absolute Gasteiger partial charge is 0.304 e. The third-order valence-electron chi connectivity index (χ3n) is 1.59. The molecule has 0 radical (unpaired) electrons. The van der Waals surface area contributed by atoms with E-state index in [9.17, 15) is 13.2 Å². The number of sulfone groups is 1. The fourth-order valence-corrected chi connectivity index (χ4v) is 3.04. The number of carboxylic acid groups (broad SMARTS) is 1. The van der Waals surface area contributed by atoms with Crippen LogP contribution in [0.2, 0.25) is 0 Å². The van der Waals surface area contributed by atoms with Gasteiger partial charge in [-0.25, -0.2) is 8.42 Å². The molecule has 1 aromatic heterocycles. The molecule has 78 valence electrons. The van der Waals surface area contributed by atoms with E-state index in [2.05, 4.69) is 0 Å². The first kappa shape index (κ1) is 11.2. The van der Waals surface area contributed by atoms with E-state index in [4.69, 9.17) is 5.11 Å². The van der Waals surface area contributed by atoms with Crippen LogP contribution >= 0.6 is 11.3 Å². The molecule has 1 rings (SSSR count). The highest BCUT2D eigenvalue weighted by Crippen LogP contribution is 2.11. The fraction of sp³-hybridized carbons (Fsp3) is 0.375. The summed E-state index contributed by atoms with van der Waals surface area (Å²) >= 11 is 1.42. The van der Waals surface area contributed by atoms with Crippen molar-refractivity contribution >= 4 is 27.1 Å². The first-order chi connectivity index (χ1) is 6.49. The van der Waals surface area contributed by atoms with E-state index in [1.807, 2.05) is 0 Å². The number of rotatable bonds is 5. The number of carbonyl (C=O) groups is 1. The maximum Gasteiger partial charge on any atom is 0.304 e. The lowest BCUT2D eigenvalue weighted by Gasteiger charge is -1.99. The normalized spacial score (nSPS) is 11.4. The zero-order chi connectivity index (χ0) is 10.6. The second-order valence-corrected chi connectivity index (χ2v) is 5.83. The molecule has 14 heavy (non-hydrogen) atoms. The molecule has 6 heteroatoms. The Labute approximate surface area is 86.1 Å². The van der Waals surface area contributed by atoms with E-state index in [0.29, 0.717) is 0 Å². The Bertz CT molecular complexity index is 391. The molecule has 0 aliphatic heterocycles. The number of carboxylic acids is 1. The van der Waals surface area contributed by atoms with Crippen LogP contribution < -0.4 is 0 Å². The third-order valence-corrected chi connectivity index (χ3v) is 3.92. The van der Waals surface area contributed by atoms with Crippen LogP contribution in [0.15, 0.2) is 16.8 Å². The highest BCUT2D eigenvalue weighted by Gasteiger charge is 2.13. The van der Waals surface area contributed by atoms with Crippen molar-refractivity contribution in [2.75, 3.05) is 5.75 Å². The zero-order valence-electron chi connectivity index (χ0n) is 7.34. The first-order valence-electron chi connectivity index (χ1n) is 3.93. The minimum atomic E-state index is -3.27. The maximum absolute atomic E-state index is 11.3. The van der Waals surface area contributed by atoms with Crippen molar-refractivity contribution in [3.63, 3.8) is 0 Å². The van der Waals surface area contributed by atoms with E-state index in [1.165, 1.54) is 11.3 Å². The topological polar surface area (TPSA) is 71.4 Å². The number of aliphatic carboxylic acids is 1. The van der Waals surface area contributed by atoms with Gasteiger partial charge in [-0.3, -0.25) is 4.79 Å². The van der Waals surface area contributed by atoms with Gasteiger partial charge >= 0.3 is 5.97 Å². The summed E-state index contributed by atoms with van der Waals surface area (Å²) in [4.78, 5) is 10.2. The quantitative estimate of drug-likeness (QED) is 0.829. The highest BCUT2D eigenvalue weighted by atomic mass is 32.2. The minimum Gasteiger partial charge on any atom is -0.481 e. The van der Waals surface area contributed by atoms with Gasteiger partial charge in [-0.05, 0) is 22.4 Å². The van der Waals surface area contributed by atoms with Crippen LogP contribution in [0.5, 0.6) is 0 Å². The van der Waals surface area contributed by atoms with Crippen LogP contribution in [-0.2, 0) is 20.4 Å². The Hall–Kier alpha value is -0.880. The van der Waals surface area contributed by atoms with E-state index in [-0.39, 0.29) is 17.9 Å². The lowest BCUT2D eigenvalue weighted by molar-refractivity contribution is -0.136. The summed E-state index contributed by atoms with van der Waals surface area (Å²) in [7, 11) is -3.27. The summed E-state index contributed by atoms with van der Waals surface area (Å²) < 4.78 is 22.7. The first-order valence-corrected chi connectivity index (χ1v) is 6.69. The molecule has 0 spiro atoms. The summed E-state index contributed by atoms with van der Waals surface area (Å²) in [6.45, 7) is 0. The van der Waals surface area contributed by atoms with E-state index < -0.39 is 15.8 Å². The number of thiophene rings is 1. The molecule has 1 N–H and O–H groups in total. The van der Waals surface area contributed by atoms with E-state index in [1.54, 1.807) is 16.8 Å². The van der Waals surface area contributed by atoms with Crippen LogP contribution in [0.3, 0.4) is 0 Å². The van der Waals surface area contributed by atoms with Crippen molar-refractivity contribution in [1.29, 1.82) is 0 Å². The van der Waals surface area contributed by atoms with Crippen molar-refractivity contribution in [1.82, 2.24) is 0 Å². The Morgan fingerprint density at radius 2 is 2.21 bits per heavy atom. The maximum atomic E-state index is 11.3. The summed E-state index contributed by atoms with van der Waals surface area (Å²) in [5.41, 5.74) is 0.723. The second-order valence-electron chi connectivity index (χ2n) is 2.87. The van der Waals surface area contributed by atoms with Gasteiger partial charge in [0.25, 0.3) is 0 Å². The predicted molar refractivity (Wildman–Crippen MR) is 54.1 cm³/mol. The average Bonchev–Trinajstić information content (AvgIpc) is 2.53. The molecule has 0 aliphatic rings. The van der Waals surface area contributed by atoms with Crippen molar-refractivity contribution < 1.29 is 18.3 Å². The van der Waals surface area contributed by atoms with Crippen molar-refractivity contribution in [2.24, 2.45) is 0 Å². The lowest BCUT2D eigenvalue weighted by atomic mass is 10.4. The van der Waals surface area contributed by atoms with Gasteiger partial charge in [0, 0.05) is 0 Å². The molecular weight excluding hydrogens is 224 g/mol. The van der Waals surface area contributed by atoms with Crippen LogP contribution in [0.4, 0.5) is 0 Å². The average molecular weight is 234 g/mol. The van der Waals surface area contributed by atoms with Crippen molar-refractivity contribution in [3.05, 3.63) is 22.4 Å². The Balaban J connectivity index is 2.55. The molecule has 0 amide bonds. The van der Waals surface area contributed by atoms with Crippen LogP contribution in [0.1, 0.15) is 12.0 Å². The second kappa shape index (κ2) is 4.56. The minimum absolute atomic E-state index is 0.0657. The Kier molecular flexibility index (Phi) is 3.65. The SMILES string of the molecule is O=C(O)CCS(=O)(=O)Cc1ccsc1. The summed E-state index contributed by atoms with van der Waals surface area (Å²) in [6.07, 6.45) is -0.327.